The number of aromatic amines is 1. The smallest absolute Gasteiger partial charge is 0.0919 e. The van der Waals surface area contributed by atoms with E-state index in [2.05, 4.69) is 64.7 Å². The molecule has 0 atom stereocenters. The second-order valence-electron chi connectivity index (χ2n) is 4.97. The molecule has 2 heterocycles. The first-order valence-corrected chi connectivity index (χ1v) is 6.78. The molecule has 3 rings (SSSR count). The normalized spacial score (nSPS) is 16.7. The van der Waals surface area contributed by atoms with Gasteiger partial charge in [0.05, 0.1) is 12.5 Å². The van der Waals surface area contributed by atoms with Crippen LogP contribution in [0, 0.1) is 0 Å². The minimum Gasteiger partial charge on any atom is -0.351 e. The predicted octanol–water partition coefficient (Wildman–Crippen LogP) is 2.62. The summed E-state index contributed by atoms with van der Waals surface area (Å²) in [7, 11) is 4.35. The quantitative estimate of drug-likeness (QED) is 0.911. The lowest BCUT2D eigenvalue weighted by molar-refractivity contribution is 0.190. The third-order valence-corrected chi connectivity index (χ3v) is 3.52. The number of imidazole rings is 1. The molecule has 1 saturated heterocycles. The van der Waals surface area contributed by atoms with Crippen LogP contribution in [0.3, 0.4) is 0 Å². The van der Waals surface area contributed by atoms with Crippen LogP contribution < -0.4 is 0 Å². The van der Waals surface area contributed by atoms with Gasteiger partial charge in [-0.2, -0.15) is 0 Å². The number of likely N-dealkylation sites (N-methyl/N-ethyl adjacent to an activating group) is 2. The van der Waals surface area contributed by atoms with Crippen LogP contribution in [0.25, 0.3) is 6.08 Å². The van der Waals surface area contributed by atoms with E-state index in [4.69, 9.17) is 0 Å². The Morgan fingerprint density at radius 3 is 2.25 bits per heavy atom. The molecule has 106 valence electrons. The molecule has 4 nitrogen and oxygen atoms in total. The van der Waals surface area contributed by atoms with E-state index >= 15 is 0 Å². The Hall–Kier alpha value is -1.91. The lowest BCUT2D eigenvalue weighted by atomic mass is 10.1. The van der Waals surface area contributed by atoms with Crippen molar-refractivity contribution in [3.8, 4) is 0 Å². The van der Waals surface area contributed by atoms with Crippen molar-refractivity contribution in [3.63, 3.8) is 0 Å². The minimum atomic E-state index is 0.434. The van der Waals surface area contributed by atoms with E-state index in [0.717, 1.165) is 13.1 Å². The number of aromatic nitrogens is 2. The van der Waals surface area contributed by atoms with Gasteiger partial charge in [0.25, 0.3) is 0 Å². The van der Waals surface area contributed by atoms with Crippen LogP contribution in [-0.2, 0) is 0 Å². The zero-order chi connectivity index (χ0) is 14.4. The maximum absolute atomic E-state index is 3.77. The van der Waals surface area contributed by atoms with Gasteiger partial charge in [-0.1, -0.05) is 36.9 Å². The van der Waals surface area contributed by atoms with E-state index in [1.165, 1.54) is 11.1 Å². The summed E-state index contributed by atoms with van der Waals surface area (Å²) >= 11 is 0. The standard InChI is InChI=1S/C13H18N2.C3H4N2/c1-4-11-5-7-12(8-6-11)13-14(2)9-10-15(13)3;1-2-5-3-4-1/h4-8,13H,1,9-10H2,2-3H3;1-3H,(H,4,5). The lowest BCUT2D eigenvalue weighted by Gasteiger charge is -2.25. The number of H-pyrrole nitrogens is 1. The van der Waals surface area contributed by atoms with E-state index in [0.29, 0.717) is 6.17 Å². The SMILES string of the molecule is C=Cc1ccc(C2N(C)CCN2C)cc1.c1c[nH]cn1. The third-order valence-electron chi connectivity index (χ3n) is 3.52. The molecule has 0 bridgehead atoms. The van der Waals surface area contributed by atoms with Crippen LogP contribution in [0.4, 0.5) is 0 Å². The molecule has 4 heteroatoms. The fourth-order valence-electron chi connectivity index (χ4n) is 2.42. The second kappa shape index (κ2) is 7.03. The van der Waals surface area contributed by atoms with E-state index in [1.54, 1.807) is 18.7 Å². The van der Waals surface area contributed by atoms with Crippen LogP contribution in [-0.4, -0.2) is 47.0 Å². The van der Waals surface area contributed by atoms with Crippen molar-refractivity contribution in [2.75, 3.05) is 27.2 Å². The van der Waals surface area contributed by atoms with E-state index in [9.17, 15) is 0 Å². The summed E-state index contributed by atoms with van der Waals surface area (Å²) in [5.74, 6) is 0. The fraction of sp³-hybridized carbons (Fsp3) is 0.312. The Bertz CT molecular complexity index is 477. The topological polar surface area (TPSA) is 35.2 Å². The average molecular weight is 270 g/mol. The molecule has 1 aromatic heterocycles. The van der Waals surface area contributed by atoms with Crippen LogP contribution in [0.1, 0.15) is 17.3 Å². The first kappa shape index (κ1) is 14.5. The number of benzene rings is 1. The van der Waals surface area contributed by atoms with Crippen molar-refractivity contribution >= 4 is 6.08 Å². The van der Waals surface area contributed by atoms with Gasteiger partial charge in [-0.15, -0.1) is 0 Å². The molecule has 0 amide bonds. The maximum atomic E-state index is 3.77. The first-order valence-electron chi connectivity index (χ1n) is 6.78. The van der Waals surface area contributed by atoms with Crippen LogP contribution in [0.15, 0.2) is 49.6 Å². The van der Waals surface area contributed by atoms with Gasteiger partial charge in [0, 0.05) is 25.5 Å². The van der Waals surface area contributed by atoms with Crippen molar-refractivity contribution in [1.29, 1.82) is 0 Å². The van der Waals surface area contributed by atoms with Gasteiger partial charge in [-0.3, -0.25) is 9.80 Å². The summed E-state index contributed by atoms with van der Waals surface area (Å²) in [6.07, 6.45) is 7.40. The highest BCUT2D eigenvalue weighted by Crippen LogP contribution is 2.26. The largest absolute Gasteiger partial charge is 0.351 e. The van der Waals surface area contributed by atoms with Gasteiger partial charge in [0.2, 0.25) is 0 Å². The molecular formula is C16H22N4. The van der Waals surface area contributed by atoms with Gasteiger partial charge in [-0.25, -0.2) is 4.98 Å². The zero-order valence-corrected chi connectivity index (χ0v) is 12.2. The molecule has 2 aromatic rings. The highest BCUT2D eigenvalue weighted by atomic mass is 15.4. The van der Waals surface area contributed by atoms with Crippen molar-refractivity contribution in [2.24, 2.45) is 0 Å². The van der Waals surface area contributed by atoms with Gasteiger partial charge >= 0.3 is 0 Å². The van der Waals surface area contributed by atoms with Crippen molar-refractivity contribution in [3.05, 3.63) is 60.7 Å². The molecule has 0 unspecified atom stereocenters. The van der Waals surface area contributed by atoms with Gasteiger partial charge in [0.1, 0.15) is 0 Å². The monoisotopic (exact) mass is 270 g/mol. The Kier molecular flexibility index (Phi) is 5.09. The van der Waals surface area contributed by atoms with Gasteiger partial charge in [-0.05, 0) is 25.2 Å². The third kappa shape index (κ3) is 3.56. The molecule has 1 aliphatic rings. The van der Waals surface area contributed by atoms with Crippen molar-refractivity contribution in [2.45, 2.75) is 6.17 Å². The summed E-state index contributed by atoms with van der Waals surface area (Å²) in [5, 5.41) is 0. The van der Waals surface area contributed by atoms with E-state index in [-0.39, 0.29) is 0 Å². The molecular weight excluding hydrogens is 248 g/mol. The number of nitrogens with zero attached hydrogens (tertiary/aromatic N) is 3. The zero-order valence-electron chi connectivity index (χ0n) is 12.2. The summed E-state index contributed by atoms with van der Waals surface area (Å²) in [4.78, 5) is 11.2. The molecule has 1 aromatic carbocycles. The Morgan fingerprint density at radius 2 is 1.85 bits per heavy atom. The molecule has 0 saturated carbocycles. The minimum absolute atomic E-state index is 0.434. The summed E-state index contributed by atoms with van der Waals surface area (Å²) < 4.78 is 0. The molecule has 0 radical (unpaired) electrons. The highest BCUT2D eigenvalue weighted by Gasteiger charge is 2.27. The fourth-order valence-corrected chi connectivity index (χ4v) is 2.42. The number of hydrogen-bond donors (Lipinski definition) is 1. The van der Waals surface area contributed by atoms with Crippen molar-refractivity contribution < 1.29 is 0 Å². The number of nitrogens with one attached hydrogen (secondary N) is 1. The van der Waals surface area contributed by atoms with Gasteiger partial charge < -0.3 is 4.98 Å². The van der Waals surface area contributed by atoms with Gasteiger partial charge in [0.15, 0.2) is 0 Å². The molecule has 0 aliphatic carbocycles. The lowest BCUT2D eigenvalue weighted by Crippen LogP contribution is -2.25. The maximum Gasteiger partial charge on any atom is 0.0919 e. The van der Waals surface area contributed by atoms with Crippen molar-refractivity contribution in [1.82, 2.24) is 19.8 Å². The van der Waals surface area contributed by atoms with E-state index in [1.807, 2.05) is 6.08 Å². The second-order valence-corrected chi connectivity index (χ2v) is 4.97. The first-order chi connectivity index (χ1) is 9.72. The summed E-state index contributed by atoms with van der Waals surface area (Å²) in [5.41, 5.74) is 2.55. The molecule has 20 heavy (non-hydrogen) atoms. The Morgan fingerprint density at radius 1 is 1.20 bits per heavy atom. The summed E-state index contributed by atoms with van der Waals surface area (Å²) in [6.45, 7) is 6.05. The van der Waals surface area contributed by atoms with Crippen LogP contribution >= 0.6 is 0 Å². The Balaban J connectivity index is 0.000000247. The number of rotatable bonds is 2. The summed E-state index contributed by atoms with van der Waals surface area (Å²) in [6, 6.07) is 8.64. The van der Waals surface area contributed by atoms with Crippen LogP contribution in [0.5, 0.6) is 0 Å². The molecule has 0 spiro atoms. The molecule has 1 N–H and O–H groups in total. The van der Waals surface area contributed by atoms with E-state index < -0.39 is 0 Å². The predicted molar refractivity (Wildman–Crippen MR) is 83.1 cm³/mol. The average Bonchev–Trinajstić information content (AvgIpc) is 3.14. The molecule has 1 fully saturated rings. The molecule has 1 aliphatic heterocycles. The Labute approximate surface area is 120 Å². The highest BCUT2D eigenvalue weighted by molar-refractivity contribution is 5.47. The number of hydrogen-bond acceptors (Lipinski definition) is 3. The van der Waals surface area contributed by atoms with Crippen LogP contribution in [0.2, 0.25) is 0 Å².